The lowest BCUT2D eigenvalue weighted by Crippen LogP contribution is -2.23. The fourth-order valence-corrected chi connectivity index (χ4v) is 3.07. The number of phenols is 1. The second-order valence-electron chi connectivity index (χ2n) is 5.48. The van der Waals surface area contributed by atoms with E-state index in [-0.39, 0.29) is 5.75 Å². The van der Waals surface area contributed by atoms with Crippen LogP contribution in [0, 0.1) is 5.41 Å². The molecule has 0 aliphatic heterocycles. The van der Waals surface area contributed by atoms with Gasteiger partial charge in [0.05, 0.1) is 11.6 Å². The summed E-state index contributed by atoms with van der Waals surface area (Å²) in [4.78, 5) is 0. The van der Waals surface area contributed by atoms with Crippen molar-refractivity contribution in [3.63, 3.8) is 0 Å². The molecule has 0 heterocycles. The van der Waals surface area contributed by atoms with Crippen molar-refractivity contribution < 1.29 is 9.84 Å². The molecule has 1 fully saturated rings. The monoisotopic (exact) mass is 327 g/mol. The van der Waals surface area contributed by atoms with E-state index >= 15 is 0 Å². The highest BCUT2D eigenvalue weighted by atomic mass is 79.9. The van der Waals surface area contributed by atoms with Gasteiger partial charge in [-0.2, -0.15) is 0 Å². The number of hydrogen-bond donors (Lipinski definition) is 2. The number of hydrogen-bond acceptors (Lipinski definition) is 3. The molecule has 0 saturated heterocycles. The van der Waals surface area contributed by atoms with Crippen LogP contribution in [-0.2, 0) is 6.54 Å². The summed E-state index contributed by atoms with van der Waals surface area (Å²) >= 11 is 3.35. The lowest BCUT2D eigenvalue weighted by atomic mass is 10.0. The zero-order chi connectivity index (χ0) is 13.9. The van der Waals surface area contributed by atoms with Gasteiger partial charge in [0.15, 0.2) is 11.5 Å². The maximum atomic E-state index is 9.76. The van der Waals surface area contributed by atoms with E-state index in [2.05, 4.69) is 28.2 Å². The Morgan fingerprint density at radius 1 is 1.42 bits per heavy atom. The fraction of sp³-hybridized carbons (Fsp3) is 0.600. The quantitative estimate of drug-likeness (QED) is 0.799. The molecule has 1 saturated carbocycles. The van der Waals surface area contributed by atoms with Gasteiger partial charge in [-0.05, 0) is 58.3 Å². The lowest BCUT2D eigenvalue weighted by Gasteiger charge is -2.15. The van der Waals surface area contributed by atoms with Gasteiger partial charge in [0.1, 0.15) is 0 Å². The second kappa shape index (κ2) is 6.14. The van der Waals surface area contributed by atoms with E-state index in [1.165, 1.54) is 25.7 Å². The van der Waals surface area contributed by atoms with E-state index < -0.39 is 0 Å². The highest BCUT2D eigenvalue weighted by molar-refractivity contribution is 9.10. The molecule has 0 aromatic heterocycles. The van der Waals surface area contributed by atoms with Crippen LogP contribution < -0.4 is 10.1 Å². The first-order valence-electron chi connectivity index (χ1n) is 6.86. The molecule has 3 nitrogen and oxygen atoms in total. The first-order valence-corrected chi connectivity index (χ1v) is 7.65. The fourth-order valence-electron chi connectivity index (χ4n) is 2.58. The number of halogens is 1. The summed E-state index contributed by atoms with van der Waals surface area (Å²) in [6.07, 6.45) is 5.30. The first kappa shape index (κ1) is 14.7. The summed E-state index contributed by atoms with van der Waals surface area (Å²) in [5, 5.41) is 13.3. The number of benzene rings is 1. The molecule has 4 heteroatoms. The van der Waals surface area contributed by atoms with Crippen LogP contribution in [0.3, 0.4) is 0 Å². The van der Waals surface area contributed by atoms with Crippen molar-refractivity contribution in [2.45, 2.75) is 39.2 Å². The summed E-state index contributed by atoms with van der Waals surface area (Å²) in [5.41, 5.74) is 1.68. The van der Waals surface area contributed by atoms with Crippen LogP contribution in [0.25, 0.3) is 0 Å². The zero-order valence-electron chi connectivity index (χ0n) is 11.6. The molecular formula is C15H22BrNO2. The van der Waals surface area contributed by atoms with Crippen LogP contribution in [0.1, 0.15) is 38.2 Å². The molecule has 1 aromatic rings. The average Bonchev–Trinajstić information content (AvgIpc) is 3.14. The molecule has 0 bridgehead atoms. The van der Waals surface area contributed by atoms with Gasteiger partial charge >= 0.3 is 0 Å². The Hall–Kier alpha value is -0.740. The summed E-state index contributed by atoms with van der Waals surface area (Å²) in [5.74, 6) is 0.678. The second-order valence-corrected chi connectivity index (χ2v) is 6.34. The zero-order valence-corrected chi connectivity index (χ0v) is 13.2. The van der Waals surface area contributed by atoms with Crippen molar-refractivity contribution in [3.05, 3.63) is 22.2 Å². The number of ether oxygens (including phenoxy) is 1. The van der Waals surface area contributed by atoms with Gasteiger partial charge in [0, 0.05) is 13.1 Å². The molecule has 0 amide bonds. The van der Waals surface area contributed by atoms with E-state index in [4.69, 9.17) is 4.74 Å². The number of phenolic OH excluding ortho intramolecular Hbond substituents is 1. The Kier molecular flexibility index (Phi) is 4.74. The summed E-state index contributed by atoms with van der Waals surface area (Å²) in [6.45, 7) is 4.14. The van der Waals surface area contributed by atoms with E-state index in [0.717, 1.165) is 18.7 Å². The van der Waals surface area contributed by atoms with Gasteiger partial charge in [0.25, 0.3) is 0 Å². The van der Waals surface area contributed by atoms with Crippen molar-refractivity contribution in [1.29, 1.82) is 0 Å². The molecule has 1 aliphatic carbocycles. The van der Waals surface area contributed by atoms with Crippen LogP contribution >= 0.6 is 15.9 Å². The number of methoxy groups -OCH3 is 1. The molecule has 2 rings (SSSR count). The third-order valence-electron chi connectivity index (χ3n) is 3.87. The van der Waals surface area contributed by atoms with Crippen LogP contribution in [-0.4, -0.2) is 18.8 Å². The minimum atomic E-state index is 0.163. The lowest BCUT2D eigenvalue weighted by molar-refractivity contribution is 0.370. The SMILES string of the molecule is CCCC1(CNCc2cc(Br)c(O)c(OC)c2)CC1. The smallest absolute Gasteiger partial charge is 0.172 e. The molecule has 0 unspecified atom stereocenters. The molecule has 2 N–H and O–H groups in total. The predicted molar refractivity (Wildman–Crippen MR) is 80.6 cm³/mol. The third kappa shape index (κ3) is 3.63. The number of aromatic hydroxyl groups is 1. The molecule has 0 radical (unpaired) electrons. The van der Waals surface area contributed by atoms with Gasteiger partial charge < -0.3 is 15.2 Å². The van der Waals surface area contributed by atoms with Crippen molar-refractivity contribution in [1.82, 2.24) is 5.32 Å². The number of rotatable bonds is 7. The van der Waals surface area contributed by atoms with Crippen molar-refractivity contribution in [2.24, 2.45) is 5.41 Å². The minimum absolute atomic E-state index is 0.163. The number of nitrogens with one attached hydrogen (secondary N) is 1. The molecule has 0 spiro atoms. The van der Waals surface area contributed by atoms with E-state index in [9.17, 15) is 5.11 Å². The van der Waals surface area contributed by atoms with E-state index in [0.29, 0.717) is 15.6 Å². The maximum absolute atomic E-state index is 9.76. The van der Waals surface area contributed by atoms with Crippen molar-refractivity contribution in [2.75, 3.05) is 13.7 Å². The average molecular weight is 328 g/mol. The Morgan fingerprint density at radius 3 is 2.74 bits per heavy atom. The first-order chi connectivity index (χ1) is 9.10. The molecule has 0 atom stereocenters. The maximum Gasteiger partial charge on any atom is 0.172 e. The van der Waals surface area contributed by atoms with Crippen LogP contribution in [0.4, 0.5) is 0 Å². The van der Waals surface area contributed by atoms with Gasteiger partial charge in [-0.15, -0.1) is 0 Å². The Labute approximate surface area is 123 Å². The molecule has 1 aliphatic rings. The molecule has 19 heavy (non-hydrogen) atoms. The van der Waals surface area contributed by atoms with Crippen molar-refractivity contribution in [3.8, 4) is 11.5 Å². The topological polar surface area (TPSA) is 41.5 Å². The molecular weight excluding hydrogens is 306 g/mol. The standard InChI is InChI=1S/C15H22BrNO2/c1-3-4-15(5-6-15)10-17-9-11-7-12(16)14(18)13(8-11)19-2/h7-8,17-18H,3-6,9-10H2,1-2H3. The predicted octanol–water partition coefficient (Wildman–Crippen LogP) is 3.83. The van der Waals surface area contributed by atoms with E-state index in [1.54, 1.807) is 7.11 Å². The van der Waals surface area contributed by atoms with E-state index in [1.807, 2.05) is 12.1 Å². The van der Waals surface area contributed by atoms with Crippen molar-refractivity contribution >= 4 is 15.9 Å². The Morgan fingerprint density at radius 2 is 2.16 bits per heavy atom. The largest absolute Gasteiger partial charge is 0.503 e. The van der Waals surface area contributed by atoms with Gasteiger partial charge in [-0.3, -0.25) is 0 Å². The Balaban J connectivity index is 1.91. The minimum Gasteiger partial charge on any atom is -0.503 e. The van der Waals surface area contributed by atoms with Crippen LogP contribution in [0.15, 0.2) is 16.6 Å². The third-order valence-corrected chi connectivity index (χ3v) is 4.48. The Bertz CT molecular complexity index is 444. The summed E-state index contributed by atoms with van der Waals surface area (Å²) < 4.78 is 5.84. The highest BCUT2D eigenvalue weighted by Crippen LogP contribution is 2.49. The summed E-state index contributed by atoms with van der Waals surface area (Å²) in [7, 11) is 1.57. The van der Waals surface area contributed by atoms with Crippen LogP contribution in [0.5, 0.6) is 11.5 Å². The van der Waals surface area contributed by atoms with Gasteiger partial charge in [-0.25, -0.2) is 0 Å². The van der Waals surface area contributed by atoms with Gasteiger partial charge in [-0.1, -0.05) is 13.3 Å². The van der Waals surface area contributed by atoms with Gasteiger partial charge in [0.2, 0.25) is 0 Å². The van der Waals surface area contributed by atoms with Crippen LogP contribution in [0.2, 0.25) is 0 Å². The molecule has 1 aromatic carbocycles. The highest BCUT2D eigenvalue weighted by Gasteiger charge is 2.40. The summed E-state index contributed by atoms with van der Waals surface area (Å²) in [6, 6.07) is 3.82. The molecule has 106 valence electrons. The normalized spacial score (nSPS) is 16.4.